The second-order valence-corrected chi connectivity index (χ2v) is 11.2. The predicted molar refractivity (Wildman–Crippen MR) is 178 cm³/mol. The third-order valence-corrected chi connectivity index (χ3v) is 8.16. The molecule has 0 aliphatic carbocycles. The fourth-order valence-corrected chi connectivity index (χ4v) is 5.63. The van der Waals surface area contributed by atoms with Crippen LogP contribution in [0.5, 0.6) is 17.2 Å². The molecule has 45 heavy (non-hydrogen) atoms. The van der Waals surface area contributed by atoms with Crippen molar-refractivity contribution < 1.29 is 19.0 Å². The molecule has 1 aliphatic heterocycles. The first kappa shape index (κ1) is 31.6. The van der Waals surface area contributed by atoms with Gasteiger partial charge in [0.2, 0.25) is 5.75 Å². The van der Waals surface area contributed by atoms with Crippen molar-refractivity contribution in [2.45, 2.75) is 26.9 Å². The zero-order chi connectivity index (χ0) is 32.1. The van der Waals surface area contributed by atoms with Crippen LogP contribution >= 0.6 is 0 Å². The lowest BCUT2D eigenvalue weighted by molar-refractivity contribution is 0.0998. The van der Waals surface area contributed by atoms with Crippen molar-refractivity contribution in [1.29, 1.82) is 0 Å². The summed E-state index contributed by atoms with van der Waals surface area (Å²) in [7, 11) is 4.90. The Morgan fingerprint density at radius 1 is 0.844 bits per heavy atom. The molecule has 11 nitrogen and oxygen atoms in total. The molecule has 1 aliphatic rings. The molecule has 4 aromatic rings. The Hall–Kier alpha value is -4.87. The minimum absolute atomic E-state index is 0.164. The van der Waals surface area contributed by atoms with Crippen molar-refractivity contribution in [2.24, 2.45) is 16.5 Å². The Balaban J connectivity index is 1.33. The number of ether oxygens (including phenoxy) is 3. The van der Waals surface area contributed by atoms with Gasteiger partial charge >= 0.3 is 0 Å². The minimum Gasteiger partial charge on any atom is -0.493 e. The second kappa shape index (κ2) is 13.8. The molecule has 1 fully saturated rings. The molecule has 3 aromatic carbocycles. The van der Waals surface area contributed by atoms with Crippen LogP contribution in [0.2, 0.25) is 0 Å². The smallest absolute Gasteiger partial charge is 0.298 e. The van der Waals surface area contributed by atoms with Crippen molar-refractivity contribution in [1.82, 2.24) is 14.8 Å². The van der Waals surface area contributed by atoms with Crippen molar-refractivity contribution in [3.05, 3.63) is 82.5 Å². The Bertz CT molecular complexity index is 1730. The number of amides is 1. The van der Waals surface area contributed by atoms with Gasteiger partial charge in [-0.2, -0.15) is 4.99 Å². The van der Waals surface area contributed by atoms with Gasteiger partial charge in [-0.25, -0.2) is 4.98 Å². The highest BCUT2D eigenvalue weighted by Crippen LogP contribution is 2.40. The van der Waals surface area contributed by atoms with Crippen LogP contribution in [0.1, 0.15) is 32.7 Å². The SMILES string of the molecule is COc1ccc(CN2CCN(Cc3ccc4nc(C(=O)N=C(N)N)cc(Nc5ccc(C)c(C)c5)c4c3)CC2)c(OC)c1OC. The molecule has 1 saturated heterocycles. The molecule has 11 heteroatoms. The number of nitrogens with two attached hydrogens (primary N) is 2. The van der Waals surface area contributed by atoms with E-state index in [0.29, 0.717) is 22.8 Å². The van der Waals surface area contributed by atoms with Gasteiger partial charge in [-0.15, -0.1) is 0 Å². The molecule has 0 unspecified atom stereocenters. The average Bonchev–Trinajstić information content (AvgIpc) is 3.03. The van der Waals surface area contributed by atoms with Crippen molar-refractivity contribution in [3.8, 4) is 17.2 Å². The summed E-state index contributed by atoms with van der Waals surface area (Å²) in [6.45, 7) is 9.38. The molecule has 0 bridgehead atoms. The van der Waals surface area contributed by atoms with E-state index in [0.717, 1.165) is 67.2 Å². The molecular weight excluding hydrogens is 570 g/mol. The van der Waals surface area contributed by atoms with Crippen LogP contribution in [0.4, 0.5) is 11.4 Å². The van der Waals surface area contributed by atoms with Crippen molar-refractivity contribution in [3.63, 3.8) is 0 Å². The molecule has 1 aromatic heterocycles. The number of guanidine groups is 1. The molecule has 5 rings (SSSR count). The number of aromatic nitrogens is 1. The highest BCUT2D eigenvalue weighted by Gasteiger charge is 2.22. The highest BCUT2D eigenvalue weighted by molar-refractivity contribution is 6.04. The first-order valence-electron chi connectivity index (χ1n) is 14.8. The van der Waals surface area contributed by atoms with E-state index in [4.69, 9.17) is 25.7 Å². The quantitative estimate of drug-likeness (QED) is 0.175. The number of hydrogen-bond acceptors (Lipinski definition) is 8. The lowest BCUT2D eigenvalue weighted by Crippen LogP contribution is -2.45. The van der Waals surface area contributed by atoms with Crippen LogP contribution in [0.15, 0.2) is 59.6 Å². The van der Waals surface area contributed by atoms with E-state index in [1.54, 1.807) is 27.4 Å². The first-order valence-corrected chi connectivity index (χ1v) is 14.8. The number of carbonyl (C=O) groups is 1. The van der Waals surface area contributed by atoms with Crippen LogP contribution in [0.3, 0.4) is 0 Å². The number of pyridine rings is 1. The van der Waals surface area contributed by atoms with Crippen molar-refractivity contribution >= 4 is 34.1 Å². The molecule has 0 atom stereocenters. The number of carbonyl (C=O) groups excluding carboxylic acids is 1. The summed E-state index contributed by atoms with van der Waals surface area (Å²) in [6, 6.07) is 18.0. The van der Waals surface area contributed by atoms with Crippen LogP contribution in [0.25, 0.3) is 10.9 Å². The monoisotopic (exact) mass is 611 g/mol. The summed E-state index contributed by atoms with van der Waals surface area (Å²) in [5.41, 5.74) is 18.0. The average molecular weight is 612 g/mol. The fourth-order valence-electron chi connectivity index (χ4n) is 5.63. The zero-order valence-electron chi connectivity index (χ0n) is 26.5. The van der Waals surface area contributed by atoms with Gasteiger partial charge < -0.3 is 31.0 Å². The summed E-state index contributed by atoms with van der Waals surface area (Å²) in [5, 5.41) is 4.41. The zero-order valence-corrected chi connectivity index (χ0v) is 26.5. The lowest BCUT2D eigenvalue weighted by Gasteiger charge is -2.35. The van der Waals surface area contributed by atoms with Gasteiger partial charge in [0, 0.05) is 55.9 Å². The van der Waals surface area contributed by atoms with E-state index >= 15 is 0 Å². The topological polar surface area (TPSA) is 141 Å². The van der Waals surface area contributed by atoms with Crippen LogP contribution in [-0.2, 0) is 13.1 Å². The third kappa shape index (κ3) is 7.27. The minimum atomic E-state index is -0.590. The number of hydrogen-bond donors (Lipinski definition) is 3. The number of anilines is 2. The molecule has 1 amide bonds. The van der Waals surface area contributed by atoms with Gasteiger partial charge in [-0.05, 0) is 66.9 Å². The molecule has 0 saturated carbocycles. The standard InChI is InChI=1S/C34H41N7O4/c1-21-6-9-25(16-22(21)2)37-28-18-29(33(42)39-34(35)36)38-27-10-7-23(17-26(27)28)19-40-12-14-41(15-13-40)20-24-8-11-30(43-3)32(45-5)31(24)44-4/h6-11,16-18H,12-15,19-20H2,1-5H3,(H,37,38)(H4,35,36,39,42). The molecule has 2 heterocycles. The molecule has 5 N–H and O–H groups in total. The first-order chi connectivity index (χ1) is 21.7. The maximum absolute atomic E-state index is 12.7. The maximum Gasteiger partial charge on any atom is 0.298 e. The fraction of sp³-hybridized carbons (Fsp3) is 0.324. The van der Waals surface area contributed by atoms with Gasteiger partial charge in [0.25, 0.3) is 5.91 Å². The molecule has 236 valence electrons. The number of piperazine rings is 1. The van der Waals surface area contributed by atoms with Gasteiger partial charge in [0.15, 0.2) is 17.5 Å². The molecule has 0 spiro atoms. The largest absolute Gasteiger partial charge is 0.493 e. The summed E-state index contributed by atoms with van der Waals surface area (Å²) in [4.78, 5) is 25.9. The number of methoxy groups -OCH3 is 3. The Labute approximate surface area is 263 Å². The highest BCUT2D eigenvalue weighted by atomic mass is 16.5. The Kier molecular flexibility index (Phi) is 9.70. The number of fused-ring (bicyclic) bond motifs is 1. The number of aryl methyl sites for hydroxylation is 2. The lowest BCUT2D eigenvalue weighted by atomic mass is 10.1. The summed E-state index contributed by atoms with van der Waals surface area (Å²) in [5.74, 6) is 1.08. The second-order valence-electron chi connectivity index (χ2n) is 11.2. The van der Waals surface area contributed by atoms with Crippen LogP contribution < -0.4 is 31.0 Å². The number of nitrogens with one attached hydrogen (secondary N) is 1. The van der Waals surface area contributed by atoms with Gasteiger partial charge in [-0.3, -0.25) is 14.6 Å². The van der Waals surface area contributed by atoms with E-state index < -0.39 is 5.91 Å². The summed E-state index contributed by atoms with van der Waals surface area (Å²) in [6.07, 6.45) is 0. The van der Waals surface area contributed by atoms with E-state index in [9.17, 15) is 4.79 Å². The third-order valence-electron chi connectivity index (χ3n) is 8.16. The van der Waals surface area contributed by atoms with Crippen LogP contribution in [-0.4, -0.2) is 74.2 Å². The van der Waals surface area contributed by atoms with Crippen molar-refractivity contribution in [2.75, 3.05) is 52.8 Å². The molecule has 0 radical (unpaired) electrons. The van der Waals surface area contributed by atoms with Gasteiger partial charge in [0.1, 0.15) is 5.69 Å². The maximum atomic E-state index is 12.7. The van der Waals surface area contributed by atoms with E-state index in [-0.39, 0.29) is 11.7 Å². The van der Waals surface area contributed by atoms with E-state index in [1.165, 1.54) is 11.1 Å². The van der Waals surface area contributed by atoms with E-state index in [1.807, 2.05) is 24.3 Å². The summed E-state index contributed by atoms with van der Waals surface area (Å²) >= 11 is 0. The number of nitrogens with zero attached hydrogens (tertiary/aromatic N) is 4. The number of aliphatic imine (C=N–C) groups is 1. The predicted octanol–water partition coefficient (Wildman–Crippen LogP) is 4.35. The van der Waals surface area contributed by atoms with Crippen LogP contribution in [0, 0.1) is 13.8 Å². The van der Waals surface area contributed by atoms with Gasteiger partial charge in [-0.1, -0.05) is 18.2 Å². The van der Waals surface area contributed by atoms with Gasteiger partial charge in [0.05, 0.1) is 32.5 Å². The molecular formula is C34H41N7O4. The number of rotatable bonds is 10. The Morgan fingerprint density at radius 2 is 1.56 bits per heavy atom. The summed E-state index contributed by atoms with van der Waals surface area (Å²) < 4.78 is 16.7. The normalized spacial score (nSPS) is 13.8. The number of benzene rings is 3. The van der Waals surface area contributed by atoms with E-state index in [2.05, 4.69) is 63.2 Å². The Morgan fingerprint density at radius 3 is 2.20 bits per heavy atom.